The van der Waals surface area contributed by atoms with Crippen molar-refractivity contribution in [3.05, 3.63) is 34.3 Å². The molecule has 0 amide bonds. The maximum absolute atomic E-state index is 12.3. The molecule has 0 spiro atoms. The molecule has 1 unspecified atom stereocenters. The average Bonchev–Trinajstić information content (AvgIpc) is 3.13. The van der Waals surface area contributed by atoms with Crippen molar-refractivity contribution in [3.8, 4) is 0 Å². The number of rotatable bonds is 5. The monoisotopic (exact) mass is 311 g/mol. The topological polar surface area (TPSA) is 38.3 Å². The number of carbonyl (C=O) groups is 1. The Bertz CT molecular complexity index is 445. The van der Waals surface area contributed by atoms with Crippen LogP contribution in [0.1, 0.15) is 32.3 Å². The summed E-state index contributed by atoms with van der Waals surface area (Å²) in [7, 11) is 0. The van der Waals surface area contributed by atoms with Gasteiger partial charge in [0, 0.05) is 10.5 Å². The second-order valence-electron chi connectivity index (χ2n) is 4.74. The van der Waals surface area contributed by atoms with Crippen molar-refractivity contribution in [2.75, 3.05) is 6.61 Å². The molecule has 1 saturated carbocycles. The Balaban J connectivity index is 2.34. The summed E-state index contributed by atoms with van der Waals surface area (Å²) in [5.74, 6) is -0.219. The maximum Gasteiger partial charge on any atom is 0.330 e. The number of halogens is 1. The molecule has 1 N–H and O–H groups in total. The van der Waals surface area contributed by atoms with E-state index < -0.39 is 5.54 Å². The summed E-state index contributed by atoms with van der Waals surface area (Å²) in [5, 5.41) is 3.40. The molecular weight excluding hydrogens is 294 g/mol. The molecule has 3 nitrogen and oxygen atoms in total. The standard InChI is InChI=1S/C14H18BrNO2/c1-3-18-13(17)14(2,16-10-8-9-10)11-6-4-5-7-12(11)15/h4-7,10,16H,3,8-9H2,1-2H3. The summed E-state index contributed by atoms with van der Waals surface area (Å²) in [5.41, 5.74) is 0.146. The summed E-state index contributed by atoms with van der Waals surface area (Å²) in [6, 6.07) is 8.20. The molecule has 2 rings (SSSR count). The van der Waals surface area contributed by atoms with Gasteiger partial charge in [-0.1, -0.05) is 34.1 Å². The number of ether oxygens (including phenoxy) is 1. The fourth-order valence-corrected chi connectivity index (χ4v) is 2.71. The van der Waals surface area contributed by atoms with Gasteiger partial charge in [-0.3, -0.25) is 5.32 Å². The van der Waals surface area contributed by atoms with Crippen molar-refractivity contribution in [3.63, 3.8) is 0 Å². The van der Waals surface area contributed by atoms with Gasteiger partial charge >= 0.3 is 5.97 Å². The largest absolute Gasteiger partial charge is 0.464 e. The van der Waals surface area contributed by atoms with Crippen LogP contribution in [0.25, 0.3) is 0 Å². The number of benzene rings is 1. The summed E-state index contributed by atoms with van der Waals surface area (Å²) in [6.07, 6.45) is 2.25. The highest BCUT2D eigenvalue weighted by molar-refractivity contribution is 9.10. The van der Waals surface area contributed by atoms with Crippen LogP contribution >= 0.6 is 15.9 Å². The zero-order valence-corrected chi connectivity index (χ0v) is 12.3. The molecule has 18 heavy (non-hydrogen) atoms. The fraction of sp³-hybridized carbons (Fsp3) is 0.500. The van der Waals surface area contributed by atoms with Gasteiger partial charge in [0.05, 0.1) is 6.61 Å². The van der Waals surface area contributed by atoms with Crippen molar-refractivity contribution in [1.82, 2.24) is 5.32 Å². The van der Waals surface area contributed by atoms with Gasteiger partial charge in [-0.2, -0.15) is 0 Å². The number of carbonyl (C=O) groups excluding carboxylic acids is 1. The second-order valence-corrected chi connectivity index (χ2v) is 5.60. The van der Waals surface area contributed by atoms with Crippen LogP contribution in [-0.4, -0.2) is 18.6 Å². The van der Waals surface area contributed by atoms with Crippen molar-refractivity contribution in [1.29, 1.82) is 0 Å². The SMILES string of the molecule is CCOC(=O)C(C)(NC1CC1)c1ccccc1Br. The molecule has 1 aliphatic rings. The highest BCUT2D eigenvalue weighted by atomic mass is 79.9. The van der Waals surface area contributed by atoms with Gasteiger partial charge in [-0.25, -0.2) is 4.79 Å². The van der Waals surface area contributed by atoms with Gasteiger partial charge in [-0.15, -0.1) is 0 Å². The first kappa shape index (κ1) is 13.6. The van der Waals surface area contributed by atoms with Crippen LogP contribution in [0.2, 0.25) is 0 Å². The molecule has 0 aromatic heterocycles. The quantitative estimate of drug-likeness (QED) is 0.850. The van der Waals surface area contributed by atoms with Crippen LogP contribution in [0.3, 0.4) is 0 Å². The van der Waals surface area contributed by atoms with Crippen molar-refractivity contribution >= 4 is 21.9 Å². The molecular formula is C14H18BrNO2. The van der Waals surface area contributed by atoms with Gasteiger partial charge < -0.3 is 4.74 Å². The van der Waals surface area contributed by atoms with E-state index in [4.69, 9.17) is 4.74 Å². The predicted molar refractivity (Wildman–Crippen MR) is 74.3 cm³/mol. The van der Waals surface area contributed by atoms with Crippen molar-refractivity contribution in [2.45, 2.75) is 38.3 Å². The van der Waals surface area contributed by atoms with E-state index in [0.717, 1.165) is 22.9 Å². The zero-order valence-electron chi connectivity index (χ0n) is 10.7. The Morgan fingerprint density at radius 1 is 1.50 bits per heavy atom. The predicted octanol–water partition coefficient (Wildman–Crippen LogP) is 2.98. The van der Waals surface area contributed by atoms with E-state index in [9.17, 15) is 4.79 Å². The maximum atomic E-state index is 12.3. The van der Waals surface area contributed by atoms with E-state index in [1.807, 2.05) is 38.1 Å². The highest BCUT2D eigenvalue weighted by Gasteiger charge is 2.42. The zero-order chi connectivity index (χ0) is 13.2. The first-order chi connectivity index (χ1) is 8.58. The summed E-state index contributed by atoms with van der Waals surface area (Å²) >= 11 is 3.51. The molecule has 1 aliphatic carbocycles. The van der Waals surface area contributed by atoms with Crippen molar-refractivity contribution in [2.24, 2.45) is 0 Å². The Hall–Kier alpha value is -0.870. The van der Waals surface area contributed by atoms with Gasteiger partial charge in [-0.05, 0) is 38.3 Å². The van der Waals surface area contributed by atoms with Gasteiger partial charge in [0.25, 0.3) is 0 Å². The molecule has 1 aromatic rings. The molecule has 0 radical (unpaired) electrons. The Labute approximate surface area is 116 Å². The first-order valence-electron chi connectivity index (χ1n) is 6.28. The smallest absolute Gasteiger partial charge is 0.330 e. The first-order valence-corrected chi connectivity index (χ1v) is 7.07. The number of nitrogens with one attached hydrogen (secondary N) is 1. The normalized spacial score (nSPS) is 18.2. The fourth-order valence-electron chi connectivity index (χ4n) is 2.02. The van der Waals surface area contributed by atoms with E-state index in [2.05, 4.69) is 21.2 Å². The molecule has 4 heteroatoms. The van der Waals surface area contributed by atoms with Gasteiger partial charge in [0.2, 0.25) is 0 Å². The third-order valence-corrected chi connectivity index (χ3v) is 3.86. The molecule has 1 atom stereocenters. The molecule has 98 valence electrons. The Morgan fingerprint density at radius 2 is 2.17 bits per heavy atom. The number of hydrogen-bond donors (Lipinski definition) is 1. The van der Waals surface area contributed by atoms with Crippen LogP contribution < -0.4 is 5.32 Å². The summed E-state index contributed by atoms with van der Waals surface area (Å²) < 4.78 is 6.15. The minimum atomic E-state index is -0.780. The van der Waals surface area contributed by atoms with Crippen LogP contribution in [0.15, 0.2) is 28.7 Å². The van der Waals surface area contributed by atoms with Crippen LogP contribution in [-0.2, 0) is 15.1 Å². The lowest BCUT2D eigenvalue weighted by Gasteiger charge is -2.30. The molecule has 1 fully saturated rings. The van der Waals surface area contributed by atoms with Crippen LogP contribution in [0.4, 0.5) is 0 Å². The van der Waals surface area contributed by atoms with E-state index >= 15 is 0 Å². The van der Waals surface area contributed by atoms with Crippen LogP contribution in [0.5, 0.6) is 0 Å². The van der Waals surface area contributed by atoms with Gasteiger partial charge in [0.15, 0.2) is 0 Å². The highest BCUT2D eigenvalue weighted by Crippen LogP contribution is 2.33. The number of hydrogen-bond acceptors (Lipinski definition) is 3. The second kappa shape index (κ2) is 5.41. The minimum Gasteiger partial charge on any atom is -0.464 e. The lowest BCUT2D eigenvalue weighted by molar-refractivity contribution is -0.151. The van der Waals surface area contributed by atoms with Gasteiger partial charge in [0.1, 0.15) is 5.54 Å². The Kier molecular flexibility index (Phi) is 4.07. The lowest BCUT2D eigenvalue weighted by Crippen LogP contribution is -2.49. The molecule has 0 saturated heterocycles. The van der Waals surface area contributed by atoms with E-state index in [1.54, 1.807) is 0 Å². The van der Waals surface area contributed by atoms with E-state index in [-0.39, 0.29) is 5.97 Å². The van der Waals surface area contributed by atoms with Crippen molar-refractivity contribution < 1.29 is 9.53 Å². The summed E-state index contributed by atoms with van der Waals surface area (Å²) in [4.78, 5) is 12.3. The van der Waals surface area contributed by atoms with E-state index in [1.165, 1.54) is 0 Å². The molecule has 0 aliphatic heterocycles. The number of esters is 1. The molecule has 0 heterocycles. The summed E-state index contributed by atoms with van der Waals surface area (Å²) in [6.45, 7) is 4.12. The molecule has 0 bridgehead atoms. The average molecular weight is 312 g/mol. The third-order valence-electron chi connectivity index (χ3n) is 3.17. The minimum absolute atomic E-state index is 0.219. The van der Waals surface area contributed by atoms with E-state index in [0.29, 0.717) is 12.6 Å². The van der Waals surface area contributed by atoms with Crippen LogP contribution in [0, 0.1) is 0 Å². The Morgan fingerprint density at radius 3 is 2.72 bits per heavy atom. The third kappa shape index (κ3) is 2.75. The lowest BCUT2D eigenvalue weighted by atomic mass is 9.92. The molecule has 1 aromatic carbocycles.